The topological polar surface area (TPSA) is 134 Å². The molecule has 0 spiro atoms. The lowest BCUT2D eigenvalue weighted by molar-refractivity contribution is -0.159. The summed E-state index contributed by atoms with van der Waals surface area (Å²) in [6.45, 7) is 2.62. The predicted octanol–water partition coefficient (Wildman–Crippen LogP) is 4.64. The SMILES string of the molecule is CCCCCCCCCCCCCCC(=O)OC[C@H](COP(=O)(O)OCCN)OC(C)=O. The summed E-state index contributed by atoms with van der Waals surface area (Å²) in [5.41, 5.74) is 5.20. The Bertz CT molecular complexity index is 532. The molecule has 0 aromatic carbocycles. The van der Waals surface area contributed by atoms with Crippen molar-refractivity contribution in [2.75, 3.05) is 26.4 Å². The van der Waals surface area contributed by atoms with Crippen LogP contribution in [0.1, 0.15) is 97.3 Å². The Morgan fingerprint density at radius 3 is 1.91 bits per heavy atom. The lowest BCUT2D eigenvalue weighted by Crippen LogP contribution is -2.28. The number of carbonyl (C=O) groups is 2. The highest BCUT2D eigenvalue weighted by molar-refractivity contribution is 7.47. The molecular formula is C22H44NO8P. The van der Waals surface area contributed by atoms with Gasteiger partial charge in [0, 0.05) is 19.9 Å². The van der Waals surface area contributed by atoms with E-state index in [0.717, 1.165) is 19.3 Å². The summed E-state index contributed by atoms with van der Waals surface area (Å²) >= 11 is 0. The minimum absolute atomic E-state index is 0.0536. The minimum atomic E-state index is -4.31. The van der Waals surface area contributed by atoms with E-state index in [9.17, 15) is 19.0 Å². The Kier molecular flexibility index (Phi) is 20.0. The molecule has 0 bridgehead atoms. The van der Waals surface area contributed by atoms with Crippen LogP contribution in [0.4, 0.5) is 0 Å². The average Bonchev–Trinajstić information content (AvgIpc) is 2.74. The van der Waals surface area contributed by atoms with Crippen LogP contribution < -0.4 is 5.73 Å². The molecule has 0 saturated heterocycles. The van der Waals surface area contributed by atoms with Gasteiger partial charge in [-0.05, 0) is 6.42 Å². The van der Waals surface area contributed by atoms with Gasteiger partial charge in [-0.1, -0.05) is 77.6 Å². The third-order valence-corrected chi connectivity index (χ3v) is 5.78. The van der Waals surface area contributed by atoms with Crippen molar-refractivity contribution < 1.29 is 37.6 Å². The number of unbranched alkanes of at least 4 members (excludes halogenated alkanes) is 11. The van der Waals surface area contributed by atoms with E-state index in [4.69, 9.17) is 19.7 Å². The highest BCUT2D eigenvalue weighted by Crippen LogP contribution is 2.43. The van der Waals surface area contributed by atoms with E-state index in [1.54, 1.807) is 0 Å². The number of carbonyl (C=O) groups excluding carboxylic acids is 2. The maximum absolute atomic E-state index is 11.9. The molecule has 0 radical (unpaired) electrons. The summed E-state index contributed by atoms with van der Waals surface area (Å²) in [7, 11) is -4.31. The first kappa shape index (κ1) is 31.0. The Balaban J connectivity index is 3.86. The first-order chi connectivity index (χ1) is 15.3. The van der Waals surface area contributed by atoms with E-state index in [0.29, 0.717) is 0 Å². The predicted molar refractivity (Wildman–Crippen MR) is 123 cm³/mol. The van der Waals surface area contributed by atoms with E-state index >= 15 is 0 Å². The second-order valence-corrected chi connectivity index (χ2v) is 9.39. The van der Waals surface area contributed by atoms with Crippen LogP contribution >= 0.6 is 7.82 Å². The van der Waals surface area contributed by atoms with Crippen molar-refractivity contribution in [2.45, 2.75) is 103 Å². The van der Waals surface area contributed by atoms with Crippen molar-refractivity contribution in [3.8, 4) is 0 Å². The van der Waals surface area contributed by atoms with Gasteiger partial charge in [0.25, 0.3) is 0 Å². The molecule has 3 N–H and O–H groups in total. The number of ether oxygens (including phenoxy) is 2. The number of hydrogen-bond donors (Lipinski definition) is 2. The number of nitrogens with two attached hydrogens (primary N) is 1. The van der Waals surface area contributed by atoms with Crippen molar-refractivity contribution in [3.05, 3.63) is 0 Å². The molecule has 190 valence electrons. The van der Waals surface area contributed by atoms with Crippen LogP contribution in [-0.4, -0.2) is 49.3 Å². The van der Waals surface area contributed by atoms with E-state index in [-0.39, 0.29) is 26.2 Å². The van der Waals surface area contributed by atoms with Crippen molar-refractivity contribution >= 4 is 19.8 Å². The van der Waals surface area contributed by atoms with Crippen molar-refractivity contribution in [2.24, 2.45) is 5.73 Å². The Labute approximate surface area is 193 Å². The fourth-order valence-corrected chi connectivity index (χ4v) is 3.87. The van der Waals surface area contributed by atoms with E-state index in [1.807, 2.05) is 0 Å². The fourth-order valence-electron chi connectivity index (χ4n) is 3.10. The molecule has 0 rings (SSSR count). The van der Waals surface area contributed by atoms with E-state index in [1.165, 1.54) is 64.7 Å². The van der Waals surface area contributed by atoms with Crippen LogP contribution in [0.5, 0.6) is 0 Å². The zero-order chi connectivity index (χ0) is 24.1. The van der Waals surface area contributed by atoms with Gasteiger partial charge < -0.3 is 20.1 Å². The molecule has 0 aromatic rings. The van der Waals surface area contributed by atoms with Gasteiger partial charge in [-0.15, -0.1) is 0 Å². The molecule has 0 aliphatic rings. The molecule has 0 heterocycles. The van der Waals surface area contributed by atoms with Crippen LogP contribution in [0.2, 0.25) is 0 Å². The van der Waals surface area contributed by atoms with Crippen molar-refractivity contribution in [1.29, 1.82) is 0 Å². The van der Waals surface area contributed by atoms with E-state index < -0.39 is 32.5 Å². The largest absolute Gasteiger partial charge is 0.472 e. The van der Waals surface area contributed by atoms with Gasteiger partial charge in [0.2, 0.25) is 0 Å². The number of hydrogen-bond acceptors (Lipinski definition) is 8. The summed E-state index contributed by atoms with van der Waals surface area (Å²) in [6, 6.07) is 0. The summed E-state index contributed by atoms with van der Waals surface area (Å²) in [5, 5.41) is 0. The van der Waals surface area contributed by atoms with Gasteiger partial charge in [0.15, 0.2) is 6.10 Å². The quantitative estimate of drug-likeness (QED) is 0.129. The third-order valence-electron chi connectivity index (χ3n) is 4.79. The average molecular weight is 482 g/mol. The second kappa shape index (κ2) is 20.6. The Morgan fingerprint density at radius 1 is 0.875 bits per heavy atom. The lowest BCUT2D eigenvalue weighted by Gasteiger charge is -2.19. The zero-order valence-corrected chi connectivity index (χ0v) is 20.8. The molecule has 1 unspecified atom stereocenters. The van der Waals surface area contributed by atoms with Crippen LogP contribution in [-0.2, 0) is 32.7 Å². The molecule has 32 heavy (non-hydrogen) atoms. The van der Waals surface area contributed by atoms with Gasteiger partial charge in [-0.25, -0.2) is 4.57 Å². The molecular weight excluding hydrogens is 437 g/mol. The zero-order valence-electron chi connectivity index (χ0n) is 19.9. The normalized spacial score (nSPS) is 14.0. The fraction of sp³-hybridized carbons (Fsp3) is 0.909. The monoisotopic (exact) mass is 481 g/mol. The number of rotatable bonds is 22. The Hall–Kier alpha value is -0.990. The molecule has 2 atom stereocenters. The lowest BCUT2D eigenvalue weighted by atomic mass is 10.0. The number of phosphoric ester groups is 1. The van der Waals surface area contributed by atoms with Gasteiger partial charge in [-0.3, -0.25) is 18.6 Å². The Morgan fingerprint density at radius 2 is 1.41 bits per heavy atom. The third kappa shape index (κ3) is 20.9. The molecule has 0 aliphatic heterocycles. The van der Waals surface area contributed by atoms with Crippen LogP contribution in [0.3, 0.4) is 0 Å². The maximum atomic E-state index is 11.9. The standard InChI is InChI=1S/C22H44NO8P/c1-3-4-5-6-7-8-9-10-11-12-13-14-15-22(25)28-18-21(31-20(2)24)19-30-32(26,27)29-17-16-23/h21H,3-19,23H2,1-2H3,(H,26,27)/t21-/m1/s1. The highest BCUT2D eigenvalue weighted by atomic mass is 31.2. The molecule has 0 aromatic heterocycles. The summed E-state index contributed by atoms with van der Waals surface area (Å²) < 4.78 is 31.1. The summed E-state index contributed by atoms with van der Waals surface area (Å²) in [5.74, 6) is -1.02. The number of esters is 2. The van der Waals surface area contributed by atoms with Gasteiger partial charge >= 0.3 is 19.8 Å². The van der Waals surface area contributed by atoms with Gasteiger partial charge in [-0.2, -0.15) is 0 Å². The molecule has 0 saturated carbocycles. The van der Waals surface area contributed by atoms with Crippen molar-refractivity contribution in [3.63, 3.8) is 0 Å². The van der Waals surface area contributed by atoms with Crippen LogP contribution in [0.15, 0.2) is 0 Å². The van der Waals surface area contributed by atoms with Crippen molar-refractivity contribution in [1.82, 2.24) is 0 Å². The molecule has 0 amide bonds. The number of phosphoric acid groups is 1. The van der Waals surface area contributed by atoms with E-state index in [2.05, 4.69) is 11.4 Å². The van der Waals surface area contributed by atoms with Gasteiger partial charge in [0.1, 0.15) is 6.61 Å². The smallest absolute Gasteiger partial charge is 0.462 e. The summed E-state index contributed by atoms with van der Waals surface area (Å²) in [4.78, 5) is 32.6. The first-order valence-corrected chi connectivity index (χ1v) is 13.4. The molecule has 10 heteroatoms. The molecule has 0 fully saturated rings. The van der Waals surface area contributed by atoms with Crippen LogP contribution in [0, 0.1) is 0 Å². The van der Waals surface area contributed by atoms with Crippen LogP contribution in [0.25, 0.3) is 0 Å². The maximum Gasteiger partial charge on any atom is 0.472 e. The first-order valence-electron chi connectivity index (χ1n) is 12.0. The molecule has 9 nitrogen and oxygen atoms in total. The highest BCUT2D eigenvalue weighted by Gasteiger charge is 2.25. The summed E-state index contributed by atoms with van der Waals surface area (Å²) in [6.07, 6.45) is 13.8. The molecule has 0 aliphatic carbocycles. The van der Waals surface area contributed by atoms with Gasteiger partial charge in [0.05, 0.1) is 13.2 Å². The minimum Gasteiger partial charge on any atom is -0.462 e. The second-order valence-electron chi connectivity index (χ2n) is 7.94.